The fourth-order valence-electron chi connectivity index (χ4n) is 1.64. The molecule has 0 saturated heterocycles. The van der Waals surface area contributed by atoms with Crippen LogP contribution in [0.4, 0.5) is 5.69 Å². The summed E-state index contributed by atoms with van der Waals surface area (Å²) < 4.78 is 5.24. The van der Waals surface area contributed by atoms with Gasteiger partial charge in [-0.1, -0.05) is 53.5 Å². The second-order valence-electron chi connectivity index (χ2n) is 4.01. The van der Waals surface area contributed by atoms with Gasteiger partial charge in [0, 0.05) is 6.54 Å². The average Bonchev–Trinajstić information content (AvgIpc) is 2.47. The molecule has 0 aliphatic heterocycles. The number of ether oxygens (including phenoxy) is 1. The molecular weight excluding hydrogens is 299 g/mol. The number of aliphatic hydroxyl groups excluding tert-OH is 1. The molecule has 2 N–H and O–H groups in total. The van der Waals surface area contributed by atoms with Crippen LogP contribution in [0.2, 0.25) is 10.0 Å². The Bertz CT molecular complexity index is 565. The van der Waals surface area contributed by atoms with Gasteiger partial charge in [0.15, 0.2) is 0 Å². The van der Waals surface area contributed by atoms with Crippen molar-refractivity contribution in [2.75, 3.05) is 18.5 Å². The average molecular weight is 313 g/mol. The number of nitrogens with zero attached hydrogens (tertiary/aromatic N) is 1. The lowest BCUT2D eigenvalue weighted by Gasteiger charge is -2.13. The Balaban J connectivity index is 2.14. The summed E-state index contributed by atoms with van der Waals surface area (Å²) in [6.45, 7) is 0.615. The third kappa shape index (κ3) is 3.76. The van der Waals surface area contributed by atoms with E-state index in [2.05, 4.69) is 10.3 Å². The Morgan fingerprint density at radius 1 is 1.20 bits per heavy atom. The van der Waals surface area contributed by atoms with Crippen molar-refractivity contribution in [3.63, 3.8) is 0 Å². The highest BCUT2D eigenvalue weighted by molar-refractivity contribution is 6.39. The van der Waals surface area contributed by atoms with Gasteiger partial charge in [-0.05, 0) is 5.56 Å². The van der Waals surface area contributed by atoms with Gasteiger partial charge in [-0.2, -0.15) is 0 Å². The molecule has 20 heavy (non-hydrogen) atoms. The first-order chi connectivity index (χ1) is 9.72. The largest absolute Gasteiger partial charge is 0.474 e. The molecular formula is C14H14Cl2N2O2. The van der Waals surface area contributed by atoms with E-state index in [4.69, 9.17) is 33.0 Å². The standard InChI is InChI=1S/C14H14Cl2N2O2/c15-11-9-18-14(20-7-6-19)12(16)13(11)17-8-10-4-2-1-3-5-10/h1-5,9,19H,6-8H2,(H,17,18). The molecule has 1 aromatic carbocycles. The van der Waals surface area contributed by atoms with E-state index in [0.29, 0.717) is 22.3 Å². The second-order valence-corrected chi connectivity index (χ2v) is 4.80. The molecule has 4 nitrogen and oxygen atoms in total. The van der Waals surface area contributed by atoms with Crippen molar-refractivity contribution in [3.05, 3.63) is 52.1 Å². The maximum Gasteiger partial charge on any atom is 0.234 e. The van der Waals surface area contributed by atoms with Crippen LogP contribution in [-0.4, -0.2) is 23.3 Å². The number of halogens is 2. The van der Waals surface area contributed by atoms with Crippen LogP contribution in [0.15, 0.2) is 36.5 Å². The zero-order chi connectivity index (χ0) is 14.4. The van der Waals surface area contributed by atoms with Crippen molar-refractivity contribution in [1.82, 2.24) is 4.98 Å². The fourth-order valence-corrected chi connectivity index (χ4v) is 2.17. The van der Waals surface area contributed by atoms with Crippen molar-refractivity contribution in [1.29, 1.82) is 0 Å². The number of aromatic nitrogens is 1. The molecule has 0 aliphatic carbocycles. The van der Waals surface area contributed by atoms with Crippen LogP contribution in [0, 0.1) is 0 Å². The molecule has 1 heterocycles. The van der Waals surface area contributed by atoms with Crippen LogP contribution in [0.3, 0.4) is 0 Å². The Morgan fingerprint density at radius 2 is 1.95 bits per heavy atom. The third-order valence-electron chi connectivity index (χ3n) is 2.58. The third-order valence-corrected chi connectivity index (χ3v) is 3.22. The van der Waals surface area contributed by atoms with Gasteiger partial charge in [0.25, 0.3) is 0 Å². The molecule has 0 unspecified atom stereocenters. The van der Waals surface area contributed by atoms with Crippen LogP contribution in [0.25, 0.3) is 0 Å². The molecule has 1 aromatic heterocycles. The van der Waals surface area contributed by atoms with Gasteiger partial charge < -0.3 is 15.2 Å². The quantitative estimate of drug-likeness (QED) is 0.858. The highest BCUT2D eigenvalue weighted by Crippen LogP contribution is 2.36. The molecule has 2 aromatic rings. The van der Waals surface area contributed by atoms with Gasteiger partial charge in [-0.3, -0.25) is 0 Å². The first kappa shape index (κ1) is 14.9. The highest BCUT2D eigenvalue weighted by atomic mass is 35.5. The SMILES string of the molecule is OCCOc1ncc(Cl)c(NCc2ccccc2)c1Cl. The molecule has 0 radical (unpaired) electrons. The molecule has 6 heteroatoms. The van der Waals surface area contributed by atoms with E-state index in [1.807, 2.05) is 30.3 Å². The number of benzene rings is 1. The van der Waals surface area contributed by atoms with E-state index in [9.17, 15) is 0 Å². The van der Waals surface area contributed by atoms with Crippen molar-refractivity contribution in [2.24, 2.45) is 0 Å². The molecule has 0 atom stereocenters. The van der Waals surface area contributed by atoms with Gasteiger partial charge in [-0.15, -0.1) is 0 Å². The molecule has 0 amide bonds. The molecule has 106 valence electrons. The van der Waals surface area contributed by atoms with E-state index in [1.165, 1.54) is 6.20 Å². The Labute approximate surface area is 127 Å². The molecule has 2 rings (SSSR count). The fraction of sp³-hybridized carbons (Fsp3) is 0.214. The lowest BCUT2D eigenvalue weighted by molar-refractivity contribution is 0.197. The van der Waals surface area contributed by atoms with E-state index in [0.717, 1.165) is 5.56 Å². The minimum atomic E-state index is -0.104. The summed E-state index contributed by atoms with van der Waals surface area (Å²) >= 11 is 12.3. The first-order valence-corrected chi connectivity index (χ1v) is 6.83. The van der Waals surface area contributed by atoms with E-state index in [-0.39, 0.29) is 19.1 Å². The number of nitrogens with one attached hydrogen (secondary N) is 1. The topological polar surface area (TPSA) is 54.4 Å². The summed E-state index contributed by atoms with van der Waals surface area (Å²) in [5.74, 6) is 0.251. The van der Waals surface area contributed by atoms with Gasteiger partial charge >= 0.3 is 0 Å². The summed E-state index contributed by atoms with van der Waals surface area (Å²) in [6.07, 6.45) is 1.47. The Kier molecular flexibility index (Phi) is 5.47. The minimum Gasteiger partial charge on any atom is -0.474 e. The second kappa shape index (κ2) is 7.33. The maximum absolute atomic E-state index is 8.76. The van der Waals surface area contributed by atoms with Crippen LogP contribution in [0.5, 0.6) is 5.88 Å². The molecule has 0 bridgehead atoms. The van der Waals surface area contributed by atoms with Crippen LogP contribution >= 0.6 is 23.2 Å². The van der Waals surface area contributed by atoms with Crippen molar-refractivity contribution >= 4 is 28.9 Å². The predicted molar refractivity (Wildman–Crippen MR) is 80.6 cm³/mol. The summed E-state index contributed by atoms with van der Waals surface area (Å²) in [5, 5.41) is 12.7. The number of hydrogen-bond acceptors (Lipinski definition) is 4. The van der Waals surface area contributed by atoms with Gasteiger partial charge in [-0.25, -0.2) is 4.98 Å². The van der Waals surface area contributed by atoms with E-state index in [1.54, 1.807) is 0 Å². The van der Waals surface area contributed by atoms with Crippen molar-refractivity contribution in [2.45, 2.75) is 6.54 Å². The molecule has 0 aliphatic rings. The van der Waals surface area contributed by atoms with Crippen LogP contribution < -0.4 is 10.1 Å². The maximum atomic E-state index is 8.76. The lowest BCUT2D eigenvalue weighted by Crippen LogP contribution is -2.06. The van der Waals surface area contributed by atoms with Gasteiger partial charge in [0.1, 0.15) is 11.6 Å². The number of pyridine rings is 1. The highest BCUT2D eigenvalue weighted by Gasteiger charge is 2.13. The van der Waals surface area contributed by atoms with Crippen molar-refractivity contribution < 1.29 is 9.84 Å². The van der Waals surface area contributed by atoms with Gasteiger partial charge in [0.05, 0.1) is 23.5 Å². The number of hydrogen-bond donors (Lipinski definition) is 2. The van der Waals surface area contributed by atoms with E-state index < -0.39 is 0 Å². The normalized spacial score (nSPS) is 10.3. The van der Waals surface area contributed by atoms with E-state index >= 15 is 0 Å². The zero-order valence-electron chi connectivity index (χ0n) is 10.6. The monoisotopic (exact) mass is 312 g/mol. The number of anilines is 1. The van der Waals surface area contributed by atoms with Crippen LogP contribution in [0.1, 0.15) is 5.56 Å². The smallest absolute Gasteiger partial charge is 0.234 e. The molecule has 0 spiro atoms. The minimum absolute atomic E-state index is 0.104. The predicted octanol–water partition coefficient (Wildman–Crippen LogP) is 3.37. The number of rotatable bonds is 6. The Hall–Kier alpha value is -1.49. The van der Waals surface area contributed by atoms with Gasteiger partial charge in [0.2, 0.25) is 5.88 Å². The molecule has 0 fully saturated rings. The summed E-state index contributed by atoms with van der Waals surface area (Å²) in [5.41, 5.74) is 1.68. The van der Waals surface area contributed by atoms with Crippen LogP contribution in [-0.2, 0) is 6.54 Å². The molecule has 0 saturated carbocycles. The lowest BCUT2D eigenvalue weighted by atomic mass is 10.2. The first-order valence-electron chi connectivity index (χ1n) is 6.08. The summed E-state index contributed by atoms with van der Waals surface area (Å²) in [7, 11) is 0. The summed E-state index contributed by atoms with van der Waals surface area (Å²) in [4.78, 5) is 3.99. The zero-order valence-corrected chi connectivity index (χ0v) is 12.2. The summed E-state index contributed by atoms with van der Waals surface area (Å²) in [6, 6.07) is 9.88. The van der Waals surface area contributed by atoms with Crippen molar-refractivity contribution in [3.8, 4) is 5.88 Å². The number of aliphatic hydroxyl groups is 1. The Morgan fingerprint density at radius 3 is 2.65 bits per heavy atom.